The Morgan fingerprint density at radius 2 is 1.88 bits per heavy atom. The number of nitrogens with zero attached hydrogens (tertiary/aromatic N) is 6. The molecule has 1 saturated carbocycles. The van der Waals surface area contributed by atoms with Crippen molar-refractivity contribution in [1.82, 2.24) is 29.4 Å². The number of hydrogen-bond acceptors (Lipinski definition) is 7. The van der Waals surface area contributed by atoms with Crippen LogP contribution in [-0.2, 0) is 16.1 Å². The number of morpholine rings is 1. The number of hydrogen-bond donors (Lipinski definition) is 1. The zero-order valence-electron chi connectivity index (χ0n) is 19.7. The summed E-state index contributed by atoms with van der Waals surface area (Å²) in [6, 6.07) is 1.64. The molecule has 33 heavy (non-hydrogen) atoms. The van der Waals surface area contributed by atoms with Gasteiger partial charge in [-0.3, -0.25) is 4.79 Å². The van der Waals surface area contributed by atoms with E-state index in [9.17, 15) is 4.79 Å². The zero-order valence-corrected chi connectivity index (χ0v) is 19.7. The second-order valence-electron chi connectivity index (χ2n) is 9.19. The molecule has 4 heterocycles. The van der Waals surface area contributed by atoms with E-state index in [4.69, 9.17) is 9.72 Å². The van der Waals surface area contributed by atoms with Gasteiger partial charge in [-0.25, -0.2) is 19.9 Å². The van der Waals surface area contributed by atoms with Crippen molar-refractivity contribution in [2.75, 3.05) is 18.4 Å². The Morgan fingerprint density at radius 3 is 2.52 bits per heavy atom. The Hall–Kier alpha value is -3.07. The minimum absolute atomic E-state index is 0.0460. The maximum Gasteiger partial charge on any atom is 0.245 e. The minimum atomic E-state index is -0.272. The highest BCUT2D eigenvalue weighted by molar-refractivity contribution is 5.92. The summed E-state index contributed by atoms with van der Waals surface area (Å²) >= 11 is 0. The van der Waals surface area contributed by atoms with Crippen LogP contribution in [0.25, 0.3) is 22.6 Å². The highest BCUT2D eigenvalue weighted by Crippen LogP contribution is 2.37. The number of rotatable bonds is 6. The quantitative estimate of drug-likeness (QED) is 0.618. The summed E-state index contributed by atoms with van der Waals surface area (Å²) in [7, 11) is 0. The molecular weight excluding hydrogens is 418 g/mol. The molecule has 5 rings (SSSR count). The molecule has 2 aliphatic rings. The molecule has 1 N–H and O–H groups in total. The monoisotopic (exact) mass is 449 g/mol. The predicted molar refractivity (Wildman–Crippen MR) is 126 cm³/mol. The van der Waals surface area contributed by atoms with Crippen molar-refractivity contribution in [3.8, 4) is 11.4 Å². The topological polar surface area (TPSA) is 98.1 Å². The fraction of sp³-hybridized carbons (Fsp3) is 0.542. The number of aromatic nitrogens is 5. The lowest BCUT2D eigenvalue weighted by molar-refractivity contribution is -0.144. The van der Waals surface area contributed by atoms with Crippen LogP contribution < -0.4 is 5.32 Å². The number of anilines is 1. The summed E-state index contributed by atoms with van der Waals surface area (Å²) < 4.78 is 7.89. The van der Waals surface area contributed by atoms with E-state index in [1.807, 2.05) is 31.7 Å². The van der Waals surface area contributed by atoms with Gasteiger partial charge in [0.25, 0.3) is 0 Å². The first-order valence-electron chi connectivity index (χ1n) is 11.8. The van der Waals surface area contributed by atoms with E-state index < -0.39 is 0 Å². The first kappa shape index (κ1) is 21.8. The molecule has 1 aliphatic carbocycles. The summed E-state index contributed by atoms with van der Waals surface area (Å²) in [5, 5.41) is 3.56. The third-order valence-electron chi connectivity index (χ3n) is 6.39. The van der Waals surface area contributed by atoms with Crippen molar-refractivity contribution in [2.24, 2.45) is 5.92 Å². The van der Waals surface area contributed by atoms with Gasteiger partial charge in [0.2, 0.25) is 5.91 Å². The number of carbonyl (C=O) groups excluding carboxylic acids is 1. The van der Waals surface area contributed by atoms with Gasteiger partial charge in [-0.05, 0) is 52.5 Å². The van der Waals surface area contributed by atoms with Gasteiger partial charge >= 0.3 is 0 Å². The fourth-order valence-electron chi connectivity index (χ4n) is 4.69. The number of aryl methyl sites for hydroxylation is 2. The third-order valence-corrected chi connectivity index (χ3v) is 6.39. The van der Waals surface area contributed by atoms with Crippen LogP contribution in [0.3, 0.4) is 0 Å². The lowest BCUT2D eigenvalue weighted by Crippen LogP contribution is -2.53. The van der Waals surface area contributed by atoms with E-state index in [0.717, 1.165) is 46.9 Å². The Labute approximate surface area is 193 Å². The lowest BCUT2D eigenvalue weighted by atomic mass is 10.1. The molecule has 0 aromatic carbocycles. The van der Waals surface area contributed by atoms with Gasteiger partial charge in [0.05, 0.1) is 23.5 Å². The molecular formula is C24H31N7O2. The van der Waals surface area contributed by atoms with E-state index in [-0.39, 0.29) is 24.2 Å². The molecule has 2 fully saturated rings. The highest BCUT2D eigenvalue weighted by Gasteiger charge is 2.40. The smallest absolute Gasteiger partial charge is 0.245 e. The number of carbonyl (C=O) groups is 1. The Morgan fingerprint density at radius 1 is 1.18 bits per heavy atom. The van der Waals surface area contributed by atoms with Crippen LogP contribution >= 0.6 is 0 Å². The van der Waals surface area contributed by atoms with Crippen LogP contribution in [-0.4, -0.2) is 66.6 Å². The molecule has 0 spiro atoms. The molecule has 0 unspecified atom stereocenters. The molecule has 1 aliphatic heterocycles. The van der Waals surface area contributed by atoms with Crippen LogP contribution in [0, 0.1) is 12.8 Å². The predicted octanol–water partition coefficient (Wildman–Crippen LogP) is 3.04. The van der Waals surface area contributed by atoms with Gasteiger partial charge in [0.1, 0.15) is 23.2 Å². The van der Waals surface area contributed by atoms with Crippen molar-refractivity contribution in [1.29, 1.82) is 0 Å². The average Bonchev–Trinajstić information content (AvgIpc) is 3.56. The normalized spacial score (nSPS) is 21.9. The molecule has 9 heteroatoms. The van der Waals surface area contributed by atoms with Crippen LogP contribution in [0.4, 0.5) is 5.69 Å². The lowest BCUT2D eigenvalue weighted by Gasteiger charge is -2.37. The number of amides is 1. The van der Waals surface area contributed by atoms with Crippen molar-refractivity contribution in [2.45, 2.75) is 65.3 Å². The van der Waals surface area contributed by atoms with E-state index in [1.165, 1.54) is 0 Å². The molecule has 0 bridgehead atoms. The Balaban J connectivity index is 1.48. The number of ether oxygens (including phenoxy) is 1. The molecule has 0 radical (unpaired) electrons. The number of imidazole rings is 1. The van der Waals surface area contributed by atoms with Crippen LogP contribution in [0.1, 0.15) is 39.4 Å². The SMILES string of the molecule is CCn1c(-c2cnc(C)nc2)nc2c(N[C@H](C(=O)N3C[C@@H](C)O[C@@H](C)C3)C3CC3)ccnc21. The van der Waals surface area contributed by atoms with Gasteiger partial charge < -0.3 is 19.5 Å². The summed E-state index contributed by atoms with van der Waals surface area (Å²) in [5.41, 5.74) is 3.23. The van der Waals surface area contributed by atoms with Crippen molar-refractivity contribution in [3.63, 3.8) is 0 Å². The second-order valence-corrected chi connectivity index (χ2v) is 9.19. The van der Waals surface area contributed by atoms with Gasteiger partial charge in [0.15, 0.2) is 5.65 Å². The maximum absolute atomic E-state index is 13.5. The summed E-state index contributed by atoms with van der Waals surface area (Å²) in [5.74, 6) is 1.98. The van der Waals surface area contributed by atoms with E-state index >= 15 is 0 Å². The molecule has 1 amide bonds. The largest absolute Gasteiger partial charge is 0.372 e. The Bertz CT molecular complexity index is 1150. The molecule has 3 aromatic heterocycles. The van der Waals surface area contributed by atoms with Crippen molar-refractivity contribution in [3.05, 3.63) is 30.5 Å². The fourth-order valence-corrected chi connectivity index (χ4v) is 4.69. The number of nitrogens with one attached hydrogen (secondary N) is 1. The highest BCUT2D eigenvalue weighted by atomic mass is 16.5. The number of pyridine rings is 1. The van der Waals surface area contributed by atoms with Gasteiger partial charge in [-0.2, -0.15) is 0 Å². The molecule has 3 atom stereocenters. The molecule has 9 nitrogen and oxygen atoms in total. The van der Waals surface area contributed by atoms with E-state index in [2.05, 4.69) is 31.8 Å². The van der Waals surface area contributed by atoms with Crippen molar-refractivity contribution < 1.29 is 9.53 Å². The summed E-state index contributed by atoms with van der Waals surface area (Å²) in [6.45, 7) is 9.94. The second kappa shape index (κ2) is 8.70. The minimum Gasteiger partial charge on any atom is -0.372 e. The van der Waals surface area contributed by atoms with Gasteiger partial charge in [-0.15, -0.1) is 0 Å². The average molecular weight is 450 g/mol. The zero-order chi connectivity index (χ0) is 23.1. The summed E-state index contributed by atoms with van der Waals surface area (Å²) in [6.07, 6.45) is 7.57. The number of fused-ring (bicyclic) bond motifs is 1. The van der Waals surface area contributed by atoms with Crippen molar-refractivity contribution >= 4 is 22.8 Å². The maximum atomic E-state index is 13.5. The van der Waals surface area contributed by atoms with Gasteiger partial charge in [-0.1, -0.05) is 0 Å². The van der Waals surface area contributed by atoms with E-state index in [0.29, 0.717) is 25.6 Å². The van der Waals surface area contributed by atoms with Gasteiger partial charge in [0, 0.05) is 38.2 Å². The standard InChI is InChI=1S/C24H31N7O2/c1-5-31-22(18-10-26-16(4)27-11-18)29-21-19(8-9-25-23(21)31)28-20(17-6-7-17)24(32)30-12-14(2)33-15(3)13-30/h8-11,14-15,17,20H,5-7,12-13H2,1-4H3,(H,25,28)/t14-,15+,20-/m0/s1. The summed E-state index contributed by atoms with van der Waals surface area (Å²) in [4.78, 5) is 33.7. The molecule has 1 saturated heterocycles. The molecule has 174 valence electrons. The first-order chi connectivity index (χ1) is 15.9. The van der Waals surface area contributed by atoms with E-state index in [1.54, 1.807) is 18.6 Å². The Kier molecular flexibility index (Phi) is 5.74. The van der Waals surface area contributed by atoms with Crippen LogP contribution in [0.15, 0.2) is 24.7 Å². The molecule has 3 aromatic rings. The third kappa shape index (κ3) is 4.29. The van der Waals surface area contributed by atoms with Crippen LogP contribution in [0.5, 0.6) is 0 Å². The first-order valence-corrected chi connectivity index (χ1v) is 11.8. The van der Waals surface area contributed by atoms with Crippen LogP contribution in [0.2, 0.25) is 0 Å².